The third-order valence-electron chi connectivity index (χ3n) is 5.97. The number of hydrogen-bond acceptors (Lipinski definition) is 3. The topological polar surface area (TPSA) is 67.0 Å². The summed E-state index contributed by atoms with van der Waals surface area (Å²) in [4.78, 5) is 20.2. The van der Waals surface area contributed by atoms with Gasteiger partial charge in [-0.3, -0.25) is 4.79 Å². The normalized spacial score (nSPS) is 12.2. The fraction of sp³-hybridized carbons (Fsp3) is 0.241. The summed E-state index contributed by atoms with van der Waals surface area (Å²) in [6, 6.07) is 6.33. The van der Waals surface area contributed by atoms with Crippen LogP contribution in [-0.4, -0.2) is 23.0 Å². The molecular formula is C29H28F3N3O2. The van der Waals surface area contributed by atoms with E-state index in [0.717, 1.165) is 6.07 Å². The molecule has 2 aromatic heterocycles. The zero-order valence-corrected chi connectivity index (χ0v) is 21.5. The molecule has 4 aromatic rings. The summed E-state index contributed by atoms with van der Waals surface area (Å²) in [6.45, 7) is 9.45. The number of aromatic nitrogens is 2. The molecule has 0 aliphatic heterocycles. The fourth-order valence-corrected chi connectivity index (χ4v) is 4.39. The predicted octanol–water partition coefficient (Wildman–Crippen LogP) is 7.56. The van der Waals surface area contributed by atoms with Crippen LogP contribution in [0.4, 0.5) is 18.9 Å². The number of benzene rings is 2. The molecule has 0 aliphatic carbocycles. The molecule has 0 unspecified atom stereocenters. The number of carbonyl (C=O) groups excluding carboxylic acids is 1. The molecule has 0 radical (unpaired) electrons. The number of hydrogen-bond donors (Lipinski definition) is 2. The minimum absolute atomic E-state index is 0.0988. The Labute approximate surface area is 213 Å². The van der Waals surface area contributed by atoms with Crippen LogP contribution in [0.15, 0.2) is 54.4 Å². The molecule has 4 rings (SSSR count). The summed E-state index contributed by atoms with van der Waals surface area (Å²) in [5, 5.41) is 3.38. The summed E-state index contributed by atoms with van der Waals surface area (Å²) >= 11 is 0. The number of pyridine rings is 1. The zero-order valence-electron chi connectivity index (χ0n) is 21.5. The molecule has 2 aromatic carbocycles. The van der Waals surface area contributed by atoms with Crippen molar-refractivity contribution in [1.29, 1.82) is 0 Å². The van der Waals surface area contributed by atoms with Gasteiger partial charge in [0.1, 0.15) is 17.3 Å². The van der Waals surface area contributed by atoms with Crippen LogP contribution >= 0.6 is 0 Å². The molecule has 0 aliphatic rings. The van der Waals surface area contributed by atoms with Gasteiger partial charge in [0.05, 0.1) is 7.11 Å². The molecule has 37 heavy (non-hydrogen) atoms. The van der Waals surface area contributed by atoms with Crippen LogP contribution in [-0.2, 0) is 4.79 Å². The standard InChI is InChI=1S/C29H28F3N3O2/c1-15(12-29(3,4)5)28(36)35-25-11-19(31)8-20(16(25)2)17-7-22-23(14-34-27(22)33-13-17)21-9-18(30)10-24(32)26(21)37-6/h7-14H,1-6H3,(H,33,34)(H,35,36). The van der Waals surface area contributed by atoms with E-state index in [-0.39, 0.29) is 22.6 Å². The summed E-state index contributed by atoms with van der Waals surface area (Å²) in [7, 11) is 1.31. The first-order valence-corrected chi connectivity index (χ1v) is 11.7. The van der Waals surface area contributed by atoms with E-state index in [0.29, 0.717) is 44.5 Å². The van der Waals surface area contributed by atoms with Crippen molar-refractivity contribution in [2.24, 2.45) is 5.41 Å². The van der Waals surface area contributed by atoms with Gasteiger partial charge in [0, 0.05) is 51.8 Å². The first-order chi connectivity index (χ1) is 17.4. The van der Waals surface area contributed by atoms with Crippen molar-refractivity contribution in [2.45, 2.75) is 34.6 Å². The van der Waals surface area contributed by atoms with E-state index in [1.54, 1.807) is 32.3 Å². The Kier molecular flexibility index (Phi) is 6.86. The lowest BCUT2D eigenvalue weighted by atomic mass is 9.93. The van der Waals surface area contributed by atoms with E-state index in [1.165, 1.54) is 25.3 Å². The SMILES string of the molecule is COc1c(F)cc(F)cc1-c1c[nH]c2ncc(-c3cc(F)cc(NC(=O)C(C)=CC(C)(C)C)c3C)cc12. The molecule has 2 heterocycles. The predicted molar refractivity (Wildman–Crippen MR) is 140 cm³/mol. The van der Waals surface area contributed by atoms with Crippen LogP contribution in [0.1, 0.15) is 33.3 Å². The highest BCUT2D eigenvalue weighted by Gasteiger charge is 2.19. The fourth-order valence-electron chi connectivity index (χ4n) is 4.39. The number of ether oxygens (including phenoxy) is 1. The Morgan fingerprint density at radius 2 is 1.70 bits per heavy atom. The summed E-state index contributed by atoms with van der Waals surface area (Å²) in [5.74, 6) is -2.52. The highest BCUT2D eigenvalue weighted by Crippen LogP contribution is 2.39. The number of fused-ring (bicyclic) bond motifs is 1. The van der Waals surface area contributed by atoms with Gasteiger partial charge < -0.3 is 15.0 Å². The molecule has 0 spiro atoms. The van der Waals surface area contributed by atoms with Crippen molar-refractivity contribution < 1.29 is 22.7 Å². The van der Waals surface area contributed by atoms with E-state index in [2.05, 4.69) is 15.3 Å². The maximum Gasteiger partial charge on any atom is 0.251 e. The summed E-state index contributed by atoms with van der Waals surface area (Å²) in [6.07, 6.45) is 5.02. The van der Waals surface area contributed by atoms with E-state index in [1.807, 2.05) is 26.8 Å². The highest BCUT2D eigenvalue weighted by molar-refractivity contribution is 6.04. The van der Waals surface area contributed by atoms with Gasteiger partial charge in [-0.2, -0.15) is 0 Å². The van der Waals surface area contributed by atoms with E-state index >= 15 is 0 Å². The van der Waals surface area contributed by atoms with Gasteiger partial charge in [0.15, 0.2) is 11.6 Å². The second-order valence-corrected chi connectivity index (χ2v) is 10.1. The van der Waals surface area contributed by atoms with Crippen molar-refractivity contribution in [3.63, 3.8) is 0 Å². The zero-order chi connectivity index (χ0) is 27.1. The number of halogens is 3. The van der Waals surface area contributed by atoms with Crippen molar-refractivity contribution >= 4 is 22.6 Å². The van der Waals surface area contributed by atoms with Crippen molar-refractivity contribution in [1.82, 2.24) is 9.97 Å². The molecule has 8 heteroatoms. The molecule has 0 saturated carbocycles. The molecule has 0 fully saturated rings. The molecular weight excluding hydrogens is 479 g/mol. The lowest BCUT2D eigenvalue weighted by Crippen LogP contribution is -2.16. The number of nitrogens with zero attached hydrogens (tertiary/aromatic N) is 1. The van der Waals surface area contributed by atoms with Gasteiger partial charge in [-0.1, -0.05) is 26.8 Å². The van der Waals surface area contributed by atoms with Crippen LogP contribution in [0.2, 0.25) is 0 Å². The van der Waals surface area contributed by atoms with Crippen LogP contribution in [0.5, 0.6) is 5.75 Å². The van der Waals surface area contributed by atoms with Gasteiger partial charge in [0.2, 0.25) is 0 Å². The Bertz CT molecular complexity index is 1550. The lowest BCUT2D eigenvalue weighted by molar-refractivity contribution is -0.112. The number of rotatable bonds is 5. The largest absolute Gasteiger partial charge is 0.493 e. The molecule has 0 bridgehead atoms. The average molecular weight is 508 g/mol. The molecule has 5 nitrogen and oxygen atoms in total. The van der Waals surface area contributed by atoms with Crippen LogP contribution in [0.25, 0.3) is 33.3 Å². The number of aromatic amines is 1. The Morgan fingerprint density at radius 1 is 1.03 bits per heavy atom. The number of carbonyl (C=O) groups is 1. The number of methoxy groups -OCH3 is 1. The van der Waals surface area contributed by atoms with E-state index in [9.17, 15) is 18.0 Å². The smallest absolute Gasteiger partial charge is 0.251 e. The molecule has 0 saturated heterocycles. The second kappa shape index (κ2) is 9.76. The number of anilines is 1. The molecule has 2 N–H and O–H groups in total. The lowest BCUT2D eigenvalue weighted by Gasteiger charge is -2.16. The maximum atomic E-state index is 14.7. The minimum Gasteiger partial charge on any atom is -0.493 e. The van der Waals surface area contributed by atoms with Gasteiger partial charge >= 0.3 is 0 Å². The average Bonchev–Trinajstić information content (AvgIpc) is 3.22. The van der Waals surface area contributed by atoms with Gasteiger partial charge in [-0.05, 0) is 54.7 Å². The van der Waals surface area contributed by atoms with Crippen LogP contribution in [0.3, 0.4) is 0 Å². The number of nitrogens with one attached hydrogen (secondary N) is 2. The van der Waals surface area contributed by atoms with Crippen LogP contribution < -0.4 is 10.1 Å². The highest BCUT2D eigenvalue weighted by atomic mass is 19.1. The third kappa shape index (κ3) is 5.38. The maximum absolute atomic E-state index is 14.7. The van der Waals surface area contributed by atoms with Gasteiger partial charge in [-0.25, -0.2) is 18.2 Å². The Morgan fingerprint density at radius 3 is 2.38 bits per heavy atom. The molecule has 0 atom stereocenters. The first kappa shape index (κ1) is 26.0. The molecule has 192 valence electrons. The molecule has 1 amide bonds. The summed E-state index contributed by atoms with van der Waals surface area (Å²) in [5.41, 5.74) is 3.58. The second-order valence-electron chi connectivity index (χ2n) is 10.1. The minimum atomic E-state index is -0.826. The number of H-pyrrole nitrogens is 1. The first-order valence-electron chi connectivity index (χ1n) is 11.7. The summed E-state index contributed by atoms with van der Waals surface area (Å²) < 4.78 is 48.3. The van der Waals surface area contributed by atoms with E-state index < -0.39 is 17.5 Å². The van der Waals surface area contributed by atoms with Crippen LogP contribution in [0, 0.1) is 29.8 Å². The monoisotopic (exact) mass is 507 g/mol. The van der Waals surface area contributed by atoms with Crippen molar-refractivity contribution in [3.8, 4) is 28.0 Å². The van der Waals surface area contributed by atoms with Crippen molar-refractivity contribution in [3.05, 3.63) is 77.4 Å². The Balaban J connectivity index is 1.80. The van der Waals surface area contributed by atoms with E-state index in [4.69, 9.17) is 4.74 Å². The quantitative estimate of drug-likeness (QED) is 0.274. The number of amides is 1. The number of allylic oxidation sites excluding steroid dienone is 1. The van der Waals surface area contributed by atoms with Crippen molar-refractivity contribution in [2.75, 3.05) is 12.4 Å². The Hall–Kier alpha value is -4.07. The third-order valence-corrected chi connectivity index (χ3v) is 5.97. The van der Waals surface area contributed by atoms with Gasteiger partial charge in [-0.15, -0.1) is 0 Å². The van der Waals surface area contributed by atoms with Gasteiger partial charge in [0.25, 0.3) is 5.91 Å².